The number of carboxylic acid groups (broad SMARTS) is 1. The van der Waals surface area contributed by atoms with E-state index < -0.39 is 54.2 Å². The Bertz CT molecular complexity index is 1170. The maximum absolute atomic E-state index is 14.6. The number of aromatic nitrogens is 2. The van der Waals surface area contributed by atoms with Crippen LogP contribution in [0.4, 0.5) is 51.3 Å². The van der Waals surface area contributed by atoms with E-state index in [0.29, 0.717) is 26.3 Å². The quantitative estimate of drug-likeness (QED) is 0.377. The van der Waals surface area contributed by atoms with E-state index in [4.69, 9.17) is 19.4 Å². The molecule has 218 valence electrons. The third kappa shape index (κ3) is 7.97. The molecule has 2 fully saturated rings. The number of fused-ring (bicyclic) bond motifs is 1. The van der Waals surface area contributed by atoms with Crippen LogP contribution in [0, 0.1) is 23.4 Å². The van der Waals surface area contributed by atoms with Crippen molar-refractivity contribution in [3.8, 4) is 0 Å². The number of hydrogen-bond acceptors (Lipinski definition) is 7. The van der Waals surface area contributed by atoms with Gasteiger partial charge in [0.15, 0.2) is 17.5 Å². The molecule has 2 N–H and O–H groups in total. The minimum Gasteiger partial charge on any atom is -0.475 e. The van der Waals surface area contributed by atoms with Crippen LogP contribution < -0.4 is 10.2 Å². The molecule has 1 aliphatic heterocycles. The summed E-state index contributed by atoms with van der Waals surface area (Å²) in [6, 6.07) is 0.386. The maximum Gasteiger partial charge on any atom is 0.490 e. The Labute approximate surface area is 215 Å². The van der Waals surface area contributed by atoms with Crippen molar-refractivity contribution in [1.82, 2.24) is 9.97 Å². The fourth-order valence-electron chi connectivity index (χ4n) is 4.16. The van der Waals surface area contributed by atoms with Gasteiger partial charge in [-0.1, -0.05) is 0 Å². The molecule has 17 heteroatoms. The monoisotopic (exact) mass is 578 g/mol. The van der Waals surface area contributed by atoms with Gasteiger partial charge in [-0.3, -0.25) is 0 Å². The second kappa shape index (κ2) is 12.0. The zero-order valence-electron chi connectivity index (χ0n) is 20.2. The molecule has 0 radical (unpaired) electrons. The average Bonchev–Trinajstić information content (AvgIpc) is 2.80. The van der Waals surface area contributed by atoms with E-state index in [1.165, 1.54) is 7.11 Å². The van der Waals surface area contributed by atoms with Gasteiger partial charge in [0.25, 0.3) is 0 Å². The first kappa shape index (κ1) is 30.5. The first-order chi connectivity index (χ1) is 18.1. The van der Waals surface area contributed by atoms with Gasteiger partial charge in [-0.2, -0.15) is 31.3 Å². The van der Waals surface area contributed by atoms with E-state index in [2.05, 4.69) is 15.3 Å². The topological polar surface area (TPSA) is 96.8 Å². The number of halogens is 9. The minimum atomic E-state index is -5.08. The summed E-state index contributed by atoms with van der Waals surface area (Å²) in [4.78, 5) is 19.2. The first-order valence-electron chi connectivity index (χ1n) is 11.4. The van der Waals surface area contributed by atoms with Crippen LogP contribution in [0.2, 0.25) is 0 Å². The van der Waals surface area contributed by atoms with E-state index in [-0.39, 0.29) is 41.6 Å². The number of anilines is 2. The van der Waals surface area contributed by atoms with Gasteiger partial charge in [-0.15, -0.1) is 0 Å². The zero-order chi connectivity index (χ0) is 29.1. The Hall–Kier alpha value is -3.08. The summed E-state index contributed by atoms with van der Waals surface area (Å²) >= 11 is 0. The highest BCUT2D eigenvalue weighted by atomic mass is 19.4. The van der Waals surface area contributed by atoms with Crippen molar-refractivity contribution in [1.29, 1.82) is 0 Å². The van der Waals surface area contributed by atoms with E-state index in [1.807, 2.05) is 0 Å². The number of carboxylic acids is 1. The number of ether oxygens (including phenoxy) is 2. The first-order valence-corrected chi connectivity index (χ1v) is 11.4. The fourth-order valence-corrected chi connectivity index (χ4v) is 4.16. The summed E-state index contributed by atoms with van der Waals surface area (Å²) < 4.78 is 123. The lowest BCUT2D eigenvalue weighted by molar-refractivity contribution is -0.192. The lowest BCUT2D eigenvalue weighted by Gasteiger charge is -2.37. The minimum absolute atomic E-state index is 0.0772. The van der Waals surface area contributed by atoms with Crippen LogP contribution in [0.15, 0.2) is 6.07 Å². The molecule has 2 aromatic rings. The van der Waals surface area contributed by atoms with Gasteiger partial charge in [-0.25, -0.2) is 22.9 Å². The van der Waals surface area contributed by atoms with Crippen molar-refractivity contribution in [2.45, 2.75) is 43.8 Å². The van der Waals surface area contributed by atoms with Crippen LogP contribution in [-0.2, 0) is 14.3 Å². The predicted octanol–water partition coefficient (Wildman–Crippen LogP) is 4.67. The third-order valence-electron chi connectivity index (χ3n) is 5.92. The molecule has 1 saturated carbocycles. The predicted molar refractivity (Wildman–Crippen MR) is 118 cm³/mol. The van der Waals surface area contributed by atoms with Gasteiger partial charge >= 0.3 is 18.3 Å². The van der Waals surface area contributed by atoms with Gasteiger partial charge < -0.3 is 24.8 Å². The van der Waals surface area contributed by atoms with Gasteiger partial charge in [0.1, 0.15) is 5.82 Å². The summed E-state index contributed by atoms with van der Waals surface area (Å²) in [7, 11) is 1.53. The summed E-state index contributed by atoms with van der Waals surface area (Å²) in [5.74, 6) is -7.72. The van der Waals surface area contributed by atoms with Gasteiger partial charge in [-0.05, 0) is 18.8 Å². The number of aliphatic carboxylic acids is 1. The molecule has 8 nitrogen and oxygen atoms in total. The number of alkyl halides is 6. The van der Waals surface area contributed by atoms with Crippen LogP contribution in [0.1, 0.15) is 19.3 Å². The molecule has 1 aromatic heterocycles. The van der Waals surface area contributed by atoms with Crippen molar-refractivity contribution in [3.63, 3.8) is 0 Å². The second-order valence-electron chi connectivity index (χ2n) is 8.95. The molecule has 0 amide bonds. The van der Waals surface area contributed by atoms with Crippen LogP contribution in [0.5, 0.6) is 0 Å². The Morgan fingerprint density at radius 1 is 1.15 bits per heavy atom. The molecular weight excluding hydrogens is 555 g/mol. The zero-order valence-corrected chi connectivity index (χ0v) is 20.2. The molecule has 0 spiro atoms. The third-order valence-corrected chi connectivity index (χ3v) is 5.92. The van der Waals surface area contributed by atoms with Crippen molar-refractivity contribution in [3.05, 3.63) is 23.5 Å². The van der Waals surface area contributed by atoms with Crippen molar-refractivity contribution in [2.75, 3.05) is 43.6 Å². The molecule has 2 aliphatic rings. The van der Waals surface area contributed by atoms with Gasteiger partial charge in [0, 0.05) is 38.7 Å². The summed E-state index contributed by atoms with van der Waals surface area (Å²) in [6.45, 7) is 1.45. The Morgan fingerprint density at radius 2 is 1.79 bits per heavy atom. The largest absolute Gasteiger partial charge is 0.490 e. The maximum atomic E-state index is 14.6. The van der Waals surface area contributed by atoms with E-state index in [0.717, 1.165) is 6.07 Å². The summed E-state index contributed by atoms with van der Waals surface area (Å²) in [5, 5.41) is 9.70. The standard InChI is InChI=1S/C20H22F6N4O2.C2HF3O2/c1-31-9-12-8-30(2-3-32-12)19-28-14-6-13(21)16(22)17(23)15(14)18(29-19)27-11-4-10(5-11)7-20(24,25)26;3-2(4,5)1(6)7/h6,10-12H,2-5,7-9H2,1H3,(H,27,28,29);(H,6,7)/t10?,11?,12-;/m1./s1. The molecule has 0 bridgehead atoms. The number of hydrogen-bond donors (Lipinski definition) is 2. The lowest BCUT2D eigenvalue weighted by atomic mass is 9.78. The highest BCUT2D eigenvalue weighted by molar-refractivity contribution is 5.91. The van der Waals surface area contributed by atoms with E-state index in [9.17, 15) is 39.5 Å². The Kier molecular flexibility index (Phi) is 9.35. The van der Waals surface area contributed by atoms with Crippen LogP contribution in [0.3, 0.4) is 0 Å². The second-order valence-corrected chi connectivity index (χ2v) is 8.95. The summed E-state index contributed by atoms with van der Waals surface area (Å²) in [6.07, 6.45) is -10.1. The normalized spacial score (nSPS) is 21.7. The van der Waals surface area contributed by atoms with E-state index in [1.54, 1.807) is 4.90 Å². The number of morpholine rings is 1. The highest BCUT2D eigenvalue weighted by Crippen LogP contribution is 2.39. The van der Waals surface area contributed by atoms with Crippen molar-refractivity contribution < 1.29 is 58.9 Å². The molecule has 4 rings (SSSR count). The Morgan fingerprint density at radius 3 is 2.36 bits per heavy atom. The number of benzene rings is 1. The number of methoxy groups -OCH3 is 1. The van der Waals surface area contributed by atoms with Crippen LogP contribution >= 0.6 is 0 Å². The number of nitrogens with one attached hydrogen (secondary N) is 1. The molecule has 1 aliphatic carbocycles. The van der Waals surface area contributed by atoms with Gasteiger partial charge in [0.2, 0.25) is 5.95 Å². The molecule has 2 heterocycles. The smallest absolute Gasteiger partial charge is 0.475 e. The molecule has 0 unspecified atom stereocenters. The highest BCUT2D eigenvalue weighted by Gasteiger charge is 2.40. The lowest BCUT2D eigenvalue weighted by Crippen LogP contribution is -2.45. The molecule has 1 saturated heterocycles. The fraction of sp³-hybridized carbons (Fsp3) is 0.591. The van der Waals surface area contributed by atoms with Crippen LogP contribution in [-0.4, -0.2) is 79.0 Å². The summed E-state index contributed by atoms with van der Waals surface area (Å²) in [5.41, 5.74) is -0.144. The van der Waals surface area contributed by atoms with Crippen molar-refractivity contribution in [2.24, 2.45) is 5.92 Å². The van der Waals surface area contributed by atoms with Crippen LogP contribution in [0.25, 0.3) is 10.9 Å². The van der Waals surface area contributed by atoms with Gasteiger partial charge in [0.05, 0.1) is 30.2 Å². The molecule has 1 atom stereocenters. The number of rotatable bonds is 6. The van der Waals surface area contributed by atoms with E-state index >= 15 is 0 Å². The van der Waals surface area contributed by atoms with Crippen molar-refractivity contribution >= 4 is 28.6 Å². The Balaban J connectivity index is 0.000000532. The number of nitrogens with zero attached hydrogens (tertiary/aromatic N) is 3. The SMILES string of the molecule is COC[C@H]1CN(c2nc(NC3CC(CC(F)(F)F)C3)c3c(F)c(F)c(F)cc3n2)CCO1.O=C(O)C(F)(F)F. The molecule has 1 aromatic carbocycles. The molecular formula is C22H23F9N4O4. The molecule has 39 heavy (non-hydrogen) atoms. The number of carbonyl (C=O) groups is 1. The average molecular weight is 578 g/mol.